The van der Waals surface area contributed by atoms with Gasteiger partial charge in [0.1, 0.15) is 0 Å². The second kappa shape index (κ2) is 7.55. The minimum absolute atomic E-state index is 0.200. The van der Waals surface area contributed by atoms with Crippen LogP contribution >= 0.6 is 11.3 Å². The highest BCUT2D eigenvalue weighted by Crippen LogP contribution is 2.18. The lowest BCUT2D eigenvalue weighted by Gasteiger charge is -2.29. The van der Waals surface area contributed by atoms with Gasteiger partial charge in [0, 0.05) is 28.9 Å². The molecule has 1 rings (SSSR count). The maximum absolute atomic E-state index is 10.2. The Kier molecular flexibility index (Phi) is 6.65. The Morgan fingerprint density at radius 3 is 2.40 bits per heavy atom. The van der Waals surface area contributed by atoms with E-state index in [1.54, 1.807) is 0 Å². The maximum atomic E-state index is 10.2. The van der Waals surface area contributed by atoms with Crippen molar-refractivity contribution in [1.82, 2.24) is 4.90 Å². The van der Waals surface area contributed by atoms with Crippen LogP contribution in [0.5, 0.6) is 0 Å². The first-order valence-electron chi connectivity index (χ1n) is 7.29. The third-order valence-corrected chi connectivity index (χ3v) is 4.02. The third-order valence-electron chi connectivity index (χ3n) is 3.04. The molecule has 116 valence electrons. The molecule has 3 nitrogen and oxygen atoms in total. The lowest BCUT2D eigenvalue weighted by molar-refractivity contribution is -0.0586. The molecule has 0 spiro atoms. The van der Waals surface area contributed by atoms with Gasteiger partial charge in [0.15, 0.2) is 0 Å². The summed E-state index contributed by atoms with van der Waals surface area (Å²) < 4.78 is 5.65. The van der Waals surface area contributed by atoms with E-state index in [1.807, 2.05) is 32.1 Å². The summed E-state index contributed by atoms with van der Waals surface area (Å²) in [6.45, 7) is 14.4. The standard InChI is InChI=1S/C16H29NO2S/c1-12(2)17(10-15-8-7-13(3)20-15)9-14(18)11-19-16(4,5)6/h7-8,12,14,18H,9-11H2,1-6H3/t14-/m1/s1. The van der Waals surface area contributed by atoms with Crippen LogP contribution in [0.4, 0.5) is 0 Å². The van der Waals surface area contributed by atoms with E-state index >= 15 is 0 Å². The average Bonchev–Trinajstić information content (AvgIpc) is 2.70. The molecule has 0 amide bonds. The Bertz CT molecular complexity index is 395. The first kappa shape index (κ1) is 17.6. The molecule has 4 heteroatoms. The Hall–Kier alpha value is -0.420. The van der Waals surface area contributed by atoms with Crippen molar-refractivity contribution >= 4 is 11.3 Å². The van der Waals surface area contributed by atoms with Crippen molar-refractivity contribution in [2.24, 2.45) is 0 Å². The number of ether oxygens (including phenoxy) is 1. The van der Waals surface area contributed by atoms with E-state index in [2.05, 4.69) is 37.8 Å². The van der Waals surface area contributed by atoms with Crippen molar-refractivity contribution < 1.29 is 9.84 Å². The van der Waals surface area contributed by atoms with E-state index in [4.69, 9.17) is 4.74 Å². The highest BCUT2D eigenvalue weighted by molar-refractivity contribution is 7.11. The lowest BCUT2D eigenvalue weighted by atomic mass is 10.2. The van der Waals surface area contributed by atoms with E-state index in [0.717, 1.165) is 6.54 Å². The van der Waals surface area contributed by atoms with E-state index in [9.17, 15) is 5.11 Å². The van der Waals surface area contributed by atoms with Crippen molar-refractivity contribution in [3.05, 3.63) is 21.9 Å². The van der Waals surface area contributed by atoms with Gasteiger partial charge in [-0.1, -0.05) is 0 Å². The number of hydrogen-bond acceptors (Lipinski definition) is 4. The van der Waals surface area contributed by atoms with Crippen molar-refractivity contribution in [2.45, 2.75) is 65.8 Å². The third kappa shape index (κ3) is 6.84. The van der Waals surface area contributed by atoms with Crippen molar-refractivity contribution in [2.75, 3.05) is 13.2 Å². The predicted octanol–water partition coefficient (Wildman–Crippen LogP) is 3.44. The smallest absolute Gasteiger partial charge is 0.0900 e. The zero-order valence-corrected chi connectivity index (χ0v) is 14.5. The topological polar surface area (TPSA) is 32.7 Å². The molecule has 0 unspecified atom stereocenters. The van der Waals surface area contributed by atoms with Gasteiger partial charge in [0.05, 0.1) is 18.3 Å². The number of aliphatic hydroxyl groups excluding tert-OH is 1. The van der Waals surface area contributed by atoms with Crippen molar-refractivity contribution in [3.63, 3.8) is 0 Å². The van der Waals surface area contributed by atoms with Gasteiger partial charge < -0.3 is 9.84 Å². The molecular formula is C16H29NO2S. The second-order valence-corrected chi connectivity index (χ2v) is 7.99. The molecule has 1 atom stereocenters. The van der Waals surface area contributed by atoms with Crippen LogP contribution in [0.25, 0.3) is 0 Å². The largest absolute Gasteiger partial charge is 0.389 e. The number of aryl methyl sites for hydroxylation is 1. The number of hydrogen-bond donors (Lipinski definition) is 1. The fourth-order valence-corrected chi connectivity index (χ4v) is 2.81. The number of nitrogens with zero attached hydrogens (tertiary/aromatic N) is 1. The van der Waals surface area contributed by atoms with Crippen LogP contribution in [0.1, 0.15) is 44.4 Å². The van der Waals surface area contributed by atoms with Crippen LogP contribution in [-0.4, -0.2) is 40.9 Å². The van der Waals surface area contributed by atoms with E-state index in [-0.39, 0.29) is 5.60 Å². The van der Waals surface area contributed by atoms with Crippen LogP contribution in [0.15, 0.2) is 12.1 Å². The van der Waals surface area contributed by atoms with Crippen LogP contribution in [0.3, 0.4) is 0 Å². The summed E-state index contributed by atoms with van der Waals surface area (Å²) in [4.78, 5) is 4.97. The Morgan fingerprint density at radius 1 is 1.30 bits per heavy atom. The number of thiophene rings is 1. The van der Waals surface area contributed by atoms with E-state index in [0.29, 0.717) is 19.2 Å². The van der Waals surface area contributed by atoms with Gasteiger partial charge in [-0.2, -0.15) is 0 Å². The van der Waals surface area contributed by atoms with Gasteiger partial charge in [0.2, 0.25) is 0 Å². The molecule has 1 aromatic rings. The van der Waals surface area contributed by atoms with Gasteiger partial charge in [0.25, 0.3) is 0 Å². The molecular weight excluding hydrogens is 270 g/mol. The molecule has 1 heterocycles. The molecule has 1 N–H and O–H groups in total. The van der Waals surface area contributed by atoms with E-state index in [1.165, 1.54) is 9.75 Å². The molecule has 0 radical (unpaired) electrons. The zero-order valence-electron chi connectivity index (χ0n) is 13.6. The minimum atomic E-state index is -0.447. The van der Waals surface area contributed by atoms with Crippen LogP contribution in [-0.2, 0) is 11.3 Å². The van der Waals surface area contributed by atoms with Crippen LogP contribution in [0.2, 0.25) is 0 Å². The molecule has 0 saturated heterocycles. The summed E-state index contributed by atoms with van der Waals surface area (Å²) in [6, 6.07) is 4.73. The molecule has 20 heavy (non-hydrogen) atoms. The second-order valence-electron chi connectivity index (χ2n) is 6.61. The SMILES string of the molecule is Cc1ccc(CN(C[C@@H](O)COC(C)(C)C)C(C)C)s1. The average molecular weight is 299 g/mol. The van der Waals surface area contributed by atoms with Crippen LogP contribution < -0.4 is 0 Å². The van der Waals surface area contributed by atoms with Gasteiger partial charge in [-0.05, 0) is 53.7 Å². The van der Waals surface area contributed by atoms with Gasteiger partial charge in [-0.3, -0.25) is 4.90 Å². The molecule has 1 aromatic heterocycles. The Labute approximate surface area is 127 Å². The van der Waals surface area contributed by atoms with E-state index < -0.39 is 6.10 Å². The van der Waals surface area contributed by atoms with Crippen LogP contribution in [0, 0.1) is 6.92 Å². The monoisotopic (exact) mass is 299 g/mol. The summed E-state index contributed by atoms with van der Waals surface area (Å²) in [6.07, 6.45) is -0.447. The number of rotatable bonds is 7. The normalized spacial score (nSPS) is 14.2. The van der Waals surface area contributed by atoms with Gasteiger partial charge in [-0.15, -0.1) is 11.3 Å². The van der Waals surface area contributed by atoms with Crippen molar-refractivity contribution in [3.8, 4) is 0 Å². The summed E-state index contributed by atoms with van der Waals surface area (Å²) in [5.74, 6) is 0. The highest BCUT2D eigenvalue weighted by Gasteiger charge is 2.18. The Balaban J connectivity index is 2.50. The fraction of sp³-hybridized carbons (Fsp3) is 0.750. The summed E-state index contributed by atoms with van der Waals surface area (Å²) >= 11 is 1.82. The highest BCUT2D eigenvalue weighted by atomic mass is 32.1. The zero-order chi connectivity index (χ0) is 15.3. The molecule has 0 bridgehead atoms. The first-order chi connectivity index (χ1) is 9.17. The minimum Gasteiger partial charge on any atom is -0.389 e. The first-order valence-corrected chi connectivity index (χ1v) is 8.10. The molecule has 0 aliphatic rings. The summed E-state index contributed by atoms with van der Waals surface area (Å²) in [5, 5.41) is 10.2. The maximum Gasteiger partial charge on any atom is 0.0900 e. The molecule has 0 aliphatic carbocycles. The molecule has 0 saturated carbocycles. The predicted molar refractivity (Wildman–Crippen MR) is 86.3 cm³/mol. The summed E-state index contributed by atoms with van der Waals surface area (Å²) in [5.41, 5.74) is -0.200. The van der Waals surface area contributed by atoms with Gasteiger partial charge >= 0.3 is 0 Å². The van der Waals surface area contributed by atoms with Gasteiger partial charge in [-0.25, -0.2) is 0 Å². The lowest BCUT2D eigenvalue weighted by Crippen LogP contribution is -2.39. The molecule has 0 aromatic carbocycles. The fourth-order valence-electron chi connectivity index (χ4n) is 1.90. The number of aliphatic hydroxyl groups is 1. The summed E-state index contributed by atoms with van der Waals surface area (Å²) in [7, 11) is 0. The quantitative estimate of drug-likeness (QED) is 0.837. The Morgan fingerprint density at radius 2 is 1.95 bits per heavy atom. The van der Waals surface area contributed by atoms with Crippen molar-refractivity contribution in [1.29, 1.82) is 0 Å². The molecule has 0 aliphatic heterocycles. The molecule has 0 fully saturated rings.